The van der Waals surface area contributed by atoms with Gasteiger partial charge in [0.05, 0.1) is 18.8 Å². The van der Waals surface area contributed by atoms with Crippen molar-refractivity contribution in [3.05, 3.63) is 48.3 Å². The lowest BCUT2D eigenvalue weighted by molar-refractivity contribution is -0.115. The van der Waals surface area contributed by atoms with Gasteiger partial charge in [0, 0.05) is 19.4 Å². The van der Waals surface area contributed by atoms with Gasteiger partial charge in [0.1, 0.15) is 11.6 Å². The van der Waals surface area contributed by atoms with E-state index in [0.717, 1.165) is 5.82 Å². The second kappa shape index (κ2) is 6.10. The fourth-order valence-corrected chi connectivity index (χ4v) is 1.61. The third-order valence-electron chi connectivity index (χ3n) is 2.64. The Labute approximate surface area is 110 Å². The number of benzene rings is 1. The Morgan fingerprint density at radius 3 is 2.89 bits per heavy atom. The third-order valence-corrected chi connectivity index (χ3v) is 2.64. The number of carbonyl (C=O) groups is 1. The summed E-state index contributed by atoms with van der Waals surface area (Å²) in [6.45, 7) is 0.579. The maximum absolute atomic E-state index is 13.3. The standard InChI is InChI=1S/C13H15FN4O/c1-18-7-6-16-12(18)8-15-9-13(19)17-11-5-3-2-4-10(11)14/h2-7,15H,8-9H2,1H3,(H,17,19). The van der Waals surface area contributed by atoms with Gasteiger partial charge in [-0.2, -0.15) is 0 Å². The molecular formula is C13H15FN4O. The average Bonchev–Trinajstić information content (AvgIpc) is 2.78. The molecule has 0 bridgehead atoms. The van der Waals surface area contributed by atoms with Crippen LogP contribution in [0, 0.1) is 5.82 Å². The number of halogens is 1. The summed E-state index contributed by atoms with van der Waals surface area (Å²) in [7, 11) is 1.88. The number of aromatic nitrogens is 2. The lowest BCUT2D eigenvalue weighted by Crippen LogP contribution is -2.28. The van der Waals surface area contributed by atoms with Crippen molar-refractivity contribution < 1.29 is 9.18 Å². The molecule has 0 aliphatic heterocycles. The molecule has 0 saturated carbocycles. The molecule has 0 unspecified atom stereocenters. The molecule has 0 aliphatic rings. The quantitative estimate of drug-likeness (QED) is 0.853. The summed E-state index contributed by atoms with van der Waals surface area (Å²) >= 11 is 0. The van der Waals surface area contributed by atoms with Crippen LogP contribution in [0.25, 0.3) is 0 Å². The third kappa shape index (κ3) is 3.62. The van der Waals surface area contributed by atoms with Gasteiger partial charge in [-0.05, 0) is 12.1 Å². The van der Waals surface area contributed by atoms with Crippen LogP contribution in [-0.2, 0) is 18.4 Å². The van der Waals surface area contributed by atoms with E-state index in [4.69, 9.17) is 0 Å². The van der Waals surface area contributed by atoms with Crippen molar-refractivity contribution in [2.75, 3.05) is 11.9 Å². The van der Waals surface area contributed by atoms with Crippen LogP contribution in [0.1, 0.15) is 5.82 Å². The summed E-state index contributed by atoms with van der Waals surface area (Å²) in [5, 5.41) is 5.45. The van der Waals surface area contributed by atoms with Crippen LogP contribution in [-0.4, -0.2) is 22.0 Å². The molecule has 2 aromatic rings. The zero-order chi connectivity index (χ0) is 13.7. The molecule has 19 heavy (non-hydrogen) atoms. The Hall–Kier alpha value is -2.21. The first-order valence-electron chi connectivity index (χ1n) is 5.88. The summed E-state index contributed by atoms with van der Waals surface area (Å²) in [4.78, 5) is 15.7. The summed E-state index contributed by atoms with van der Waals surface area (Å²) in [5.41, 5.74) is 0.186. The van der Waals surface area contributed by atoms with E-state index in [9.17, 15) is 9.18 Å². The van der Waals surface area contributed by atoms with E-state index in [2.05, 4.69) is 15.6 Å². The Bertz CT molecular complexity index is 567. The van der Waals surface area contributed by atoms with E-state index in [0.29, 0.717) is 6.54 Å². The Morgan fingerprint density at radius 1 is 1.42 bits per heavy atom. The summed E-state index contributed by atoms with van der Waals surface area (Å²) in [6.07, 6.45) is 3.52. The molecule has 0 fully saturated rings. The normalized spacial score (nSPS) is 10.4. The second-order valence-corrected chi connectivity index (χ2v) is 4.09. The van der Waals surface area contributed by atoms with Crippen LogP contribution >= 0.6 is 0 Å². The van der Waals surface area contributed by atoms with Crippen molar-refractivity contribution >= 4 is 11.6 Å². The molecule has 0 atom stereocenters. The highest BCUT2D eigenvalue weighted by atomic mass is 19.1. The van der Waals surface area contributed by atoms with E-state index in [1.165, 1.54) is 12.1 Å². The van der Waals surface area contributed by atoms with Gasteiger partial charge in [-0.25, -0.2) is 9.37 Å². The SMILES string of the molecule is Cn1ccnc1CNCC(=O)Nc1ccccc1F. The lowest BCUT2D eigenvalue weighted by Gasteiger charge is -2.07. The predicted molar refractivity (Wildman–Crippen MR) is 69.9 cm³/mol. The smallest absolute Gasteiger partial charge is 0.238 e. The number of anilines is 1. The first-order chi connectivity index (χ1) is 9.16. The van der Waals surface area contributed by atoms with Crippen LogP contribution in [0.2, 0.25) is 0 Å². The highest BCUT2D eigenvalue weighted by Crippen LogP contribution is 2.11. The molecule has 2 N–H and O–H groups in total. The van der Waals surface area contributed by atoms with Gasteiger partial charge in [-0.15, -0.1) is 0 Å². The molecule has 5 nitrogen and oxygen atoms in total. The Morgan fingerprint density at radius 2 is 2.21 bits per heavy atom. The number of rotatable bonds is 5. The van der Waals surface area contributed by atoms with Gasteiger partial charge in [0.25, 0.3) is 0 Å². The fraction of sp³-hybridized carbons (Fsp3) is 0.231. The first kappa shape index (κ1) is 13.2. The van der Waals surface area contributed by atoms with E-state index in [1.807, 2.05) is 17.8 Å². The van der Waals surface area contributed by atoms with Gasteiger partial charge < -0.3 is 15.2 Å². The molecule has 1 aromatic heterocycles. The zero-order valence-electron chi connectivity index (χ0n) is 10.6. The van der Waals surface area contributed by atoms with Crippen molar-refractivity contribution in [1.29, 1.82) is 0 Å². The summed E-state index contributed by atoms with van der Waals surface area (Å²) in [6, 6.07) is 6.06. The number of aryl methyl sites for hydroxylation is 1. The Balaban J connectivity index is 1.79. The highest BCUT2D eigenvalue weighted by Gasteiger charge is 2.06. The monoisotopic (exact) mass is 262 g/mol. The minimum atomic E-state index is -0.444. The lowest BCUT2D eigenvalue weighted by atomic mass is 10.3. The van der Waals surface area contributed by atoms with Crippen molar-refractivity contribution in [3.8, 4) is 0 Å². The van der Waals surface area contributed by atoms with E-state index in [-0.39, 0.29) is 18.1 Å². The van der Waals surface area contributed by atoms with Crippen molar-refractivity contribution in [2.45, 2.75) is 6.54 Å². The number of hydrogen-bond donors (Lipinski definition) is 2. The maximum atomic E-state index is 13.3. The molecule has 0 radical (unpaired) electrons. The van der Waals surface area contributed by atoms with Gasteiger partial charge >= 0.3 is 0 Å². The van der Waals surface area contributed by atoms with Crippen LogP contribution < -0.4 is 10.6 Å². The molecular weight excluding hydrogens is 247 g/mol. The number of nitrogens with one attached hydrogen (secondary N) is 2. The molecule has 1 amide bonds. The van der Waals surface area contributed by atoms with E-state index >= 15 is 0 Å². The van der Waals surface area contributed by atoms with E-state index < -0.39 is 5.82 Å². The van der Waals surface area contributed by atoms with E-state index in [1.54, 1.807) is 18.3 Å². The van der Waals surface area contributed by atoms with Crippen LogP contribution in [0.3, 0.4) is 0 Å². The number of nitrogens with zero attached hydrogens (tertiary/aromatic N) is 2. The van der Waals surface area contributed by atoms with Crippen LogP contribution in [0.15, 0.2) is 36.7 Å². The predicted octanol–water partition coefficient (Wildman–Crippen LogP) is 1.29. The molecule has 0 saturated heterocycles. The first-order valence-corrected chi connectivity index (χ1v) is 5.88. The zero-order valence-corrected chi connectivity index (χ0v) is 10.6. The molecule has 6 heteroatoms. The molecule has 100 valence electrons. The molecule has 0 spiro atoms. The fourth-order valence-electron chi connectivity index (χ4n) is 1.61. The topological polar surface area (TPSA) is 59.0 Å². The van der Waals surface area contributed by atoms with Crippen molar-refractivity contribution in [1.82, 2.24) is 14.9 Å². The largest absolute Gasteiger partial charge is 0.337 e. The molecule has 2 rings (SSSR count). The number of imidazole rings is 1. The number of carbonyl (C=O) groups excluding carboxylic acids is 1. The minimum Gasteiger partial charge on any atom is -0.337 e. The van der Waals surface area contributed by atoms with Crippen LogP contribution in [0.4, 0.5) is 10.1 Å². The molecule has 0 aliphatic carbocycles. The number of para-hydroxylation sites is 1. The summed E-state index contributed by atoms with van der Waals surface area (Å²) in [5.74, 6) is 0.0953. The Kier molecular flexibility index (Phi) is 4.25. The maximum Gasteiger partial charge on any atom is 0.238 e. The highest BCUT2D eigenvalue weighted by molar-refractivity contribution is 5.92. The minimum absolute atomic E-state index is 0.0984. The van der Waals surface area contributed by atoms with Crippen molar-refractivity contribution in [3.63, 3.8) is 0 Å². The van der Waals surface area contributed by atoms with Crippen LogP contribution in [0.5, 0.6) is 0 Å². The number of amides is 1. The van der Waals surface area contributed by atoms with Crippen molar-refractivity contribution in [2.24, 2.45) is 7.05 Å². The number of hydrogen-bond acceptors (Lipinski definition) is 3. The van der Waals surface area contributed by atoms with Gasteiger partial charge in [0.15, 0.2) is 0 Å². The van der Waals surface area contributed by atoms with Gasteiger partial charge in [0.2, 0.25) is 5.91 Å². The van der Waals surface area contributed by atoms with Gasteiger partial charge in [-0.3, -0.25) is 4.79 Å². The molecule has 1 aromatic carbocycles. The summed E-state index contributed by atoms with van der Waals surface area (Å²) < 4.78 is 15.2. The molecule has 1 heterocycles. The second-order valence-electron chi connectivity index (χ2n) is 4.09. The average molecular weight is 262 g/mol. The van der Waals surface area contributed by atoms with Gasteiger partial charge in [-0.1, -0.05) is 12.1 Å².